The van der Waals surface area contributed by atoms with Gasteiger partial charge in [0.2, 0.25) is 0 Å². The SMILES string of the molecule is O=C(COc1ccccc1)N1CCC[C@H]1c1nnc2n1CCCCC2. The molecule has 4 rings (SSSR count). The van der Waals surface area contributed by atoms with Crippen LogP contribution in [0.15, 0.2) is 30.3 Å². The summed E-state index contributed by atoms with van der Waals surface area (Å²) in [5, 5.41) is 8.84. The Balaban J connectivity index is 1.47. The number of nitrogens with zero attached hydrogens (tertiary/aromatic N) is 4. The molecule has 3 heterocycles. The summed E-state index contributed by atoms with van der Waals surface area (Å²) in [7, 11) is 0. The van der Waals surface area contributed by atoms with E-state index < -0.39 is 0 Å². The number of carbonyl (C=O) groups excluding carboxylic acids is 1. The molecule has 1 aromatic heterocycles. The van der Waals surface area contributed by atoms with E-state index in [1.807, 2.05) is 35.2 Å². The smallest absolute Gasteiger partial charge is 0.261 e. The number of benzene rings is 1. The Hall–Kier alpha value is -2.37. The Morgan fingerprint density at radius 2 is 1.96 bits per heavy atom. The summed E-state index contributed by atoms with van der Waals surface area (Å²) >= 11 is 0. The molecule has 0 N–H and O–H groups in total. The molecule has 0 bridgehead atoms. The molecule has 132 valence electrons. The number of aryl methyl sites for hydroxylation is 1. The molecule has 25 heavy (non-hydrogen) atoms. The van der Waals surface area contributed by atoms with Gasteiger partial charge in [-0.05, 0) is 37.8 Å². The summed E-state index contributed by atoms with van der Waals surface area (Å²) in [5.74, 6) is 2.79. The van der Waals surface area contributed by atoms with E-state index in [-0.39, 0.29) is 18.6 Å². The largest absolute Gasteiger partial charge is 0.484 e. The van der Waals surface area contributed by atoms with E-state index in [1.165, 1.54) is 12.8 Å². The summed E-state index contributed by atoms with van der Waals surface area (Å²) in [6.45, 7) is 1.81. The molecule has 6 nitrogen and oxygen atoms in total. The van der Waals surface area contributed by atoms with Gasteiger partial charge in [-0.2, -0.15) is 0 Å². The van der Waals surface area contributed by atoms with E-state index in [4.69, 9.17) is 4.74 Å². The number of amides is 1. The van der Waals surface area contributed by atoms with Gasteiger partial charge >= 0.3 is 0 Å². The average molecular weight is 340 g/mol. The zero-order chi connectivity index (χ0) is 17.1. The van der Waals surface area contributed by atoms with Crippen LogP contribution in [0.2, 0.25) is 0 Å². The van der Waals surface area contributed by atoms with Gasteiger partial charge in [0.05, 0.1) is 6.04 Å². The van der Waals surface area contributed by atoms with Gasteiger partial charge in [0.15, 0.2) is 12.4 Å². The number of hydrogen-bond acceptors (Lipinski definition) is 4. The molecular formula is C19H24N4O2. The van der Waals surface area contributed by atoms with E-state index >= 15 is 0 Å². The van der Waals surface area contributed by atoms with Crippen LogP contribution >= 0.6 is 0 Å². The normalized spacial score (nSPS) is 20.2. The van der Waals surface area contributed by atoms with Crippen molar-refractivity contribution in [3.05, 3.63) is 42.0 Å². The maximum atomic E-state index is 12.7. The number of rotatable bonds is 4. The fourth-order valence-corrected chi connectivity index (χ4v) is 3.83. The molecule has 1 saturated heterocycles. The van der Waals surface area contributed by atoms with Gasteiger partial charge < -0.3 is 14.2 Å². The van der Waals surface area contributed by atoms with Crippen LogP contribution in [-0.2, 0) is 17.8 Å². The molecular weight excluding hydrogens is 316 g/mol. The van der Waals surface area contributed by atoms with Crippen LogP contribution in [0.5, 0.6) is 5.75 Å². The fourth-order valence-electron chi connectivity index (χ4n) is 3.83. The van der Waals surface area contributed by atoms with Crippen molar-refractivity contribution in [3.8, 4) is 5.75 Å². The lowest BCUT2D eigenvalue weighted by Gasteiger charge is -2.24. The first kappa shape index (κ1) is 16.1. The van der Waals surface area contributed by atoms with E-state index in [1.54, 1.807) is 0 Å². The Morgan fingerprint density at radius 1 is 1.08 bits per heavy atom. The summed E-state index contributed by atoms with van der Waals surface area (Å²) in [4.78, 5) is 14.6. The Kier molecular flexibility index (Phi) is 4.68. The summed E-state index contributed by atoms with van der Waals surface area (Å²) < 4.78 is 7.90. The molecule has 0 radical (unpaired) electrons. The molecule has 1 fully saturated rings. The summed E-state index contributed by atoms with van der Waals surface area (Å²) in [6, 6.07) is 9.52. The first-order valence-corrected chi connectivity index (χ1v) is 9.22. The molecule has 2 aliphatic heterocycles. The Morgan fingerprint density at radius 3 is 2.84 bits per heavy atom. The average Bonchev–Trinajstić information content (AvgIpc) is 3.21. The van der Waals surface area contributed by atoms with Crippen molar-refractivity contribution in [1.82, 2.24) is 19.7 Å². The second-order valence-corrected chi connectivity index (χ2v) is 6.78. The number of fused-ring (bicyclic) bond motifs is 1. The van der Waals surface area contributed by atoms with Gasteiger partial charge in [-0.3, -0.25) is 4.79 Å². The third-order valence-corrected chi connectivity index (χ3v) is 5.11. The van der Waals surface area contributed by atoms with Gasteiger partial charge in [-0.15, -0.1) is 10.2 Å². The van der Waals surface area contributed by atoms with Gasteiger partial charge in [0, 0.05) is 19.5 Å². The van der Waals surface area contributed by atoms with Crippen LogP contribution in [0, 0.1) is 0 Å². The zero-order valence-electron chi connectivity index (χ0n) is 14.4. The molecule has 1 atom stereocenters. The van der Waals surface area contributed by atoms with Crippen LogP contribution in [0.3, 0.4) is 0 Å². The predicted octanol–water partition coefficient (Wildman–Crippen LogP) is 2.75. The van der Waals surface area contributed by atoms with Crippen LogP contribution in [0.4, 0.5) is 0 Å². The van der Waals surface area contributed by atoms with Crippen LogP contribution in [0.25, 0.3) is 0 Å². The van der Waals surface area contributed by atoms with Crippen molar-refractivity contribution in [1.29, 1.82) is 0 Å². The Bertz CT molecular complexity index is 728. The van der Waals surface area contributed by atoms with E-state index in [9.17, 15) is 4.79 Å². The molecule has 0 spiro atoms. The second kappa shape index (κ2) is 7.25. The lowest BCUT2D eigenvalue weighted by atomic mass is 10.2. The molecule has 6 heteroatoms. The monoisotopic (exact) mass is 340 g/mol. The summed E-state index contributed by atoms with van der Waals surface area (Å²) in [6.07, 6.45) is 6.52. The summed E-state index contributed by atoms with van der Waals surface area (Å²) in [5.41, 5.74) is 0. The van der Waals surface area contributed by atoms with Crippen molar-refractivity contribution >= 4 is 5.91 Å². The van der Waals surface area contributed by atoms with E-state index in [0.717, 1.165) is 56.2 Å². The minimum atomic E-state index is 0.0253. The number of para-hydroxylation sites is 1. The van der Waals surface area contributed by atoms with Crippen molar-refractivity contribution in [3.63, 3.8) is 0 Å². The predicted molar refractivity (Wildman–Crippen MR) is 93.2 cm³/mol. The second-order valence-electron chi connectivity index (χ2n) is 6.78. The van der Waals surface area contributed by atoms with Crippen LogP contribution in [-0.4, -0.2) is 38.7 Å². The maximum Gasteiger partial charge on any atom is 0.261 e. The van der Waals surface area contributed by atoms with Gasteiger partial charge in [0.25, 0.3) is 5.91 Å². The van der Waals surface area contributed by atoms with Gasteiger partial charge in [-0.25, -0.2) is 0 Å². The highest BCUT2D eigenvalue weighted by Crippen LogP contribution is 2.32. The molecule has 1 aromatic carbocycles. The number of carbonyl (C=O) groups is 1. The molecule has 2 aliphatic rings. The van der Waals surface area contributed by atoms with E-state index in [0.29, 0.717) is 0 Å². The minimum Gasteiger partial charge on any atom is -0.484 e. The third kappa shape index (κ3) is 3.38. The number of likely N-dealkylation sites (tertiary alicyclic amines) is 1. The zero-order valence-corrected chi connectivity index (χ0v) is 14.4. The van der Waals surface area contributed by atoms with Gasteiger partial charge in [-0.1, -0.05) is 24.6 Å². The first-order valence-electron chi connectivity index (χ1n) is 9.22. The maximum absolute atomic E-state index is 12.7. The lowest BCUT2D eigenvalue weighted by molar-refractivity contribution is -0.134. The fraction of sp³-hybridized carbons (Fsp3) is 0.526. The highest BCUT2D eigenvalue weighted by atomic mass is 16.5. The molecule has 0 unspecified atom stereocenters. The molecule has 1 amide bonds. The van der Waals surface area contributed by atoms with Gasteiger partial charge in [0.1, 0.15) is 11.6 Å². The van der Waals surface area contributed by atoms with Crippen molar-refractivity contribution in [2.75, 3.05) is 13.2 Å². The Labute approximate surface area is 147 Å². The molecule has 0 saturated carbocycles. The van der Waals surface area contributed by atoms with Crippen LogP contribution < -0.4 is 4.74 Å². The van der Waals surface area contributed by atoms with Crippen molar-refractivity contribution in [2.24, 2.45) is 0 Å². The molecule has 2 aromatic rings. The van der Waals surface area contributed by atoms with Crippen molar-refractivity contribution in [2.45, 2.75) is 51.1 Å². The lowest BCUT2D eigenvalue weighted by Crippen LogP contribution is -2.35. The van der Waals surface area contributed by atoms with E-state index in [2.05, 4.69) is 14.8 Å². The quantitative estimate of drug-likeness (QED) is 0.859. The topological polar surface area (TPSA) is 60.2 Å². The van der Waals surface area contributed by atoms with Crippen molar-refractivity contribution < 1.29 is 9.53 Å². The molecule has 0 aliphatic carbocycles. The highest BCUT2D eigenvalue weighted by Gasteiger charge is 2.34. The highest BCUT2D eigenvalue weighted by molar-refractivity contribution is 5.78. The third-order valence-electron chi connectivity index (χ3n) is 5.11. The first-order chi connectivity index (χ1) is 12.3. The van der Waals surface area contributed by atoms with Crippen LogP contribution in [0.1, 0.15) is 49.8 Å². The minimum absolute atomic E-state index is 0.0253. The number of aromatic nitrogens is 3. The number of ether oxygens (including phenoxy) is 1. The standard InChI is InChI=1S/C19H24N4O2/c24-18(14-25-15-8-3-1-4-9-15)22-13-7-10-16(22)19-21-20-17-11-5-2-6-12-23(17)19/h1,3-4,8-9,16H,2,5-7,10-14H2/t16-/m0/s1. The number of hydrogen-bond donors (Lipinski definition) is 0.